The third kappa shape index (κ3) is 3.15. The van der Waals surface area contributed by atoms with Gasteiger partial charge in [0.05, 0.1) is 22.9 Å². The smallest absolute Gasteiger partial charge is 0.341 e. The molecule has 0 amide bonds. The Kier molecular flexibility index (Phi) is 4.14. The van der Waals surface area contributed by atoms with Crippen LogP contribution in [0.5, 0.6) is 0 Å². The van der Waals surface area contributed by atoms with Crippen LogP contribution in [-0.4, -0.2) is 5.97 Å². The van der Waals surface area contributed by atoms with Crippen molar-refractivity contribution in [1.29, 1.82) is 5.26 Å². The summed E-state index contributed by atoms with van der Waals surface area (Å²) in [4.78, 5) is 11.7. The van der Waals surface area contributed by atoms with Gasteiger partial charge in [0.1, 0.15) is 18.2 Å². The Bertz CT molecular complexity index is 739. The van der Waals surface area contributed by atoms with E-state index >= 15 is 0 Å². The molecule has 0 saturated carbocycles. The second-order valence-corrected chi connectivity index (χ2v) is 4.20. The van der Waals surface area contributed by atoms with E-state index in [1.54, 1.807) is 24.3 Å². The molecule has 2 rings (SSSR count). The average molecular weight is 288 g/mol. The van der Waals surface area contributed by atoms with E-state index in [0.717, 1.165) is 6.07 Å². The van der Waals surface area contributed by atoms with Gasteiger partial charge < -0.3 is 10.5 Å². The molecule has 21 heavy (non-hydrogen) atoms. The predicted octanol–water partition coefficient (Wildman–Crippen LogP) is 2.78. The van der Waals surface area contributed by atoms with E-state index in [9.17, 15) is 13.6 Å². The van der Waals surface area contributed by atoms with E-state index in [0.29, 0.717) is 17.2 Å². The first-order chi connectivity index (χ1) is 10.0. The summed E-state index contributed by atoms with van der Waals surface area (Å²) in [6.45, 7) is -0.214. The number of carbonyl (C=O) groups excluding carboxylic acids is 1. The second-order valence-electron chi connectivity index (χ2n) is 4.20. The number of hydrogen-bond acceptors (Lipinski definition) is 4. The zero-order valence-electron chi connectivity index (χ0n) is 10.8. The number of benzene rings is 2. The van der Waals surface area contributed by atoms with Crippen molar-refractivity contribution in [3.05, 3.63) is 64.7 Å². The number of nitrogens with zero attached hydrogens (tertiary/aromatic N) is 1. The number of esters is 1. The molecule has 0 radical (unpaired) electrons. The summed E-state index contributed by atoms with van der Waals surface area (Å²) in [5.74, 6) is -2.90. The molecule has 2 aromatic rings. The molecule has 2 N–H and O–H groups in total. The lowest BCUT2D eigenvalue weighted by Gasteiger charge is -2.08. The number of ether oxygens (including phenoxy) is 1. The third-order valence-electron chi connectivity index (χ3n) is 2.80. The van der Waals surface area contributed by atoms with Crippen LogP contribution in [0.25, 0.3) is 0 Å². The van der Waals surface area contributed by atoms with Crippen molar-refractivity contribution < 1.29 is 18.3 Å². The first-order valence-electron chi connectivity index (χ1n) is 5.92. The summed E-state index contributed by atoms with van der Waals surface area (Å²) in [6, 6.07) is 9.85. The van der Waals surface area contributed by atoms with Gasteiger partial charge in [0.2, 0.25) is 0 Å². The zero-order valence-corrected chi connectivity index (χ0v) is 10.8. The van der Waals surface area contributed by atoms with Crippen molar-refractivity contribution in [1.82, 2.24) is 0 Å². The van der Waals surface area contributed by atoms with Crippen molar-refractivity contribution in [2.24, 2.45) is 0 Å². The summed E-state index contributed by atoms with van der Waals surface area (Å²) in [6.07, 6.45) is 0. The van der Waals surface area contributed by atoms with Crippen molar-refractivity contribution >= 4 is 11.7 Å². The molecule has 106 valence electrons. The van der Waals surface area contributed by atoms with Crippen LogP contribution in [0.1, 0.15) is 21.5 Å². The molecular formula is C15H10F2N2O2. The topological polar surface area (TPSA) is 76.1 Å². The highest BCUT2D eigenvalue weighted by Crippen LogP contribution is 2.18. The molecule has 0 aliphatic rings. The molecule has 0 saturated heterocycles. The predicted molar refractivity (Wildman–Crippen MR) is 71.0 cm³/mol. The standard InChI is InChI=1S/C15H10F2N2O2/c16-12-6-14(19)13(17)5-11(12)15(20)21-8-10-4-2-1-3-9(10)7-18/h1-6H,8,19H2. The SMILES string of the molecule is N#Cc1ccccc1COC(=O)c1cc(F)c(N)cc1F. The summed E-state index contributed by atoms with van der Waals surface area (Å²) in [7, 11) is 0. The number of rotatable bonds is 3. The first kappa shape index (κ1) is 14.5. The molecule has 0 aliphatic carbocycles. The van der Waals surface area contributed by atoms with Crippen LogP contribution >= 0.6 is 0 Å². The maximum Gasteiger partial charge on any atom is 0.341 e. The van der Waals surface area contributed by atoms with Crippen LogP contribution in [0, 0.1) is 23.0 Å². The van der Waals surface area contributed by atoms with Gasteiger partial charge in [-0.3, -0.25) is 0 Å². The summed E-state index contributed by atoms with van der Waals surface area (Å²) in [5, 5.41) is 8.90. The lowest BCUT2D eigenvalue weighted by molar-refractivity contribution is 0.0466. The number of halogens is 2. The molecule has 0 fully saturated rings. The Labute approximate surface area is 119 Å². The molecule has 0 heterocycles. The Morgan fingerprint density at radius 2 is 1.95 bits per heavy atom. The molecule has 0 atom stereocenters. The van der Waals surface area contributed by atoms with Gasteiger partial charge in [0, 0.05) is 11.6 Å². The van der Waals surface area contributed by atoms with Crippen LogP contribution in [0.3, 0.4) is 0 Å². The molecule has 0 bridgehead atoms. The fourth-order valence-electron chi connectivity index (χ4n) is 1.69. The lowest BCUT2D eigenvalue weighted by atomic mass is 10.1. The maximum absolute atomic E-state index is 13.6. The Balaban J connectivity index is 2.16. The molecular weight excluding hydrogens is 278 g/mol. The van der Waals surface area contributed by atoms with Gasteiger partial charge in [-0.25, -0.2) is 13.6 Å². The third-order valence-corrected chi connectivity index (χ3v) is 2.80. The number of anilines is 1. The fraction of sp³-hybridized carbons (Fsp3) is 0.0667. The van der Waals surface area contributed by atoms with E-state index in [1.807, 2.05) is 6.07 Å². The van der Waals surface area contributed by atoms with E-state index in [2.05, 4.69) is 0 Å². The summed E-state index contributed by atoms with van der Waals surface area (Å²) >= 11 is 0. The van der Waals surface area contributed by atoms with E-state index in [1.165, 1.54) is 0 Å². The first-order valence-corrected chi connectivity index (χ1v) is 5.92. The summed E-state index contributed by atoms with van der Waals surface area (Å²) in [5.41, 5.74) is 5.07. The highest BCUT2D eigenvalue weighted by atomic mass is 19.1. The van der Waals surface area contributed by atoms with Crippen LogP contribution < -0.4 is 5.73 Å². The van der Waals surface area contributed by atoms with Crippen molar-refractivity contribution in [2.75, 3.05) is 5.73 Å². The largest absolute Gasteiger partial charge is 0.457 e. The van der Waals surface area contributed by atoms with Gasteiger partial charge in [0.25, 0.3) is 0 Å². The zero-order chi connectivity index (χ0) is 15.4. The van der Waals surface area contributed by atoms with E-state index in [4.69, 9.17) is 15.7 Å². The normalized spacial score (nSPS) is 9.95. The number of nitriles is 1. The number of nitrogen functional groups attached to an aromatic ring is 1. The molecule has 0 unspecified atom stereocenters. The lowest BCUT2D eigenvalue weighted by Crippen LogP contribution is -2.09. The number of nitrogens with two attached hydrogens (primary N) is 1. The Morgan fingerprint density at radius 1 is 1.24 bits per heavy atom. The molecule has 0 spiro atoms. The van der Waals surface area contributed by atoms with Gasteiger partial charge in [-0.05, 0) is 12.1 Å². The fourth-order valence-corrected chi connectivity index (χ4v) is 1.69. The quantitative estimate of drug-likeness (QED) is 0.696. The van der Waals surface area contributed by atoms with Crippen LogP contribution in [-0.2, 0) is 11.3 Å². The van der Waals surface area contributed by atoms with Gasteiger partial charge in [-0.2, -0.15) is 5.26 Å². The van der Waals surface area contributed by atoms with Gasteiger partial charge in [0.15, 0.2) is 0 Å². The van der Waals surface area contributed by atoms with Crippen LogP contribution in [0.4, 0.5) is 14.5 Å². The Morgan fingerprint density at radius 3 is 2.67 bits per heavy atom. The second kappa shape index (κ2) is 6.01. The minimum Gasteiger partial charge on any atom is -0.457 e. The molecule has 4 nitrogen and oxygen atoms in total. The summed E-state index contributed by atoms with van der Waals surface area (Å²) < 4.78 is 31.7. The molecule has 2 aromatic carbocycles. The van der Waals surface area contributed by atoms with Gasteiger partial charge >= 0.3 is 5.97 Å². The van der Waals surface area contributed by atoms with E-state index < -0.39 is 23.2 Å². The Hall–Kier alpha value is -2.94. The molecule has 0 aromatic heterocycles. The number of hydrogen-bond donors (Lipinski definition) is 1. The monoisotopic (exact) mass is 288 g/mol. The van der Waals surface area contributed by atoms with Crippen molar-refractivity contribution in [3.8, 4) is 6.07 Å². The van der Waals surface area contributed by atoms with Gasteiger partial charge in [-0.1, -0.05) is 18.2 Å². The highest BCUT2D eigenvalue weighted by molar-refractivity contribution is 5.90. The maximum atomic E-state index is 13.6. The van der Waals surface area contributed by atoms with Crippen LogP contribution in [0.2, 0.25) is 0 Å². The van der Waals surface area contributed by atoms with Crippen LogP contribution in [0.15, 0.2) is 36.4 Å². The minimum atomic E-state index is -1.03. The van der Waals surface area contributed by atoms with Gasteiger partial charge in [-0.15, -0.1) is 0 Å². The van der Waals surface area contributed by atoms with E-state index in [-0.39, 0.29) is 12.3 Å². The minimum absolute atomic E-state index is 0.214. The average Bonchev–Trinajstić information content (AvgIpc) is 2.48. The molecule has 6 heteroatoms. The number of carbonyl (C=O) groups is 1. The highest BCUT2D eigenvalue weighted by Gasteiger charge is 2.17. The van der Waals surface area contributed by atoms with Crippen molar-refractivity contribution in [2.45, 2.75) is 6.61 Å². The van der Waals surface area contributed by atoms with Crippen molar-refractivity contribution in [3.63, 3.8) is 0 Å². The molecule has 0 aliphatic heterocycles.